The minimum Gasteiger partial charge on any atom is -0.409 e. The normalized spacial score (nSPS) is 27.3. The van der Waals surface area contributed by atoms with E-state index < -0.39 is 0 Å². The van der Waals surface area contributed by atoms with Gasteiger partial charge in [-0.25, -0.2) is 0 Å². The molecule has 2 unspecified atom stereocenters. The number of oxime groups is 1. The van der Waals surface area contributed by atoms with Crippen LogP contribution in [0.3, 0.4) is 0 Å². The molecule has 1 rings (SSSR count). The fourth-order valence-electron chi connectivity index (χ4n) is 2.56. The SMILES string of the molecule is CCC1CCCC(N(C)CCC(N)=NO)C1. The van der Waals surface area contributed by atoms with Gasteiger partial charge in [-0.05, 0) is 25.8 Å². The van der Waals surface area contributed by atoms with Crippen molar-refractivity contribution in [2.45, 2.75) is 51.5 Å². The van der Waals surface area contributed by atoms with E-state index in [1.54, 1.807) is 0 Å². The van der Waals surface area contributed by atoms with E-state index in [1.807, 2.05) is 0 Å². The molecule has 0 aliphatic heterocycles. The third-order valence-electron chi connectivity index (χ3n) is 3.80. The Balaban J connectivity index is 2.32. The zero-order chi connectivity index (χ0) is 12.0. The predicted octanol–water partition coefficient (Wildman–Crippen LogP) is 2.02. The second-order valence-corrected chi connectivity index (χ2v) is 4.92. The van der Waals surface area contributed by atoms with Crippen LogP contribution < -0.4 is 5.73 Å². The lowest BCUT2D eigenvalue weighted by Crippen LogP contribution is -2.37. The highest BCUT2D eigenvalue weighted by Gasteiger charge is 2.23. The highest BCUT2D eigenvalue weighted by Crippen LogP contribution is 2.29. The molecule has 94 valence electrons. The van der Waals surface area contributed by atoms with Crippen LogP contribution in [0.4, 0.5) is 0 Å². The Morgan fingerprint density at radius 2 is 2.25 bits per heavy atom. The highest BCUT2D eigenvalue weighted by molar-refractivity contribution is 5.79. The number of nitrogens with zero attached hydrogens (tertiary/aromatic N) is 2. The smallest absolute Gasteiger partial charge is 0.140 e. The lowest BCUT2D eigenvalue weighted by molar-refractivity contribution is 0.159. The average molecular weight is 227 g/mol. The summed E-state index contributed by atoms with van der Waals surface area (Å²) in [6.07, 6.45) is 7.29. The van der Waals surface area contributed by atoms with Gasteiger partial charge in [-0.15, -0.1) is 0 Å². The van der Waals surface area contributed by atoms with E-state index in [0.717, 1.165) is 12.5 Å². The fourth-order valence-corrected chi connectivity index (χ4v) is 2.56. The van der Waals surface area contributed by atoms with Gasteiger partial charge in [-0.3, -0.25) is 0 Å². The Bertz CT molecular complexity index is 230. The molecule has 0 aromatic heterocycles. The molecule has 0 bridgehead atoms. The molecular formula is C12H25N3O. The van der Waals surface area contributed by atoms with Crippen LogP contribution >= 0.6 is 0 Å². The molecule has 2 atom stereocenters. The first-order valence-electron chi connectivity index (χ1n) is 6.34. The summed E-state index contributed by atoms with van der Waals surface area (Å²) in [7, 11) is 2.15. The maximum atomic E-state index is 8.48. The van der Waals surface area contributed by atoms with E-state index in [-0.39, 0.29) is 0 Å². The van der Waals surface area contributed by atoms with Crippen molar-refractivity contribution in [2.24, 2.45) is 16.8 Å². The Morgan fingerprint density at radius 1 is 1.50 bits per heavy atom. The van der Waals surface area contributed by atoms with Crippen molar-refractivity contribution in [3.63, 3.8) is 0 Å². The van der Waals surface area contributed by atoms with Crippen molar-refractivity contribution >= 4 is 5.84 Å². The summed E-state index contributed by atoms with van der Waals surface area (Å²) in [6, 6.07) is 0.685. The van der Waals surface area contributed by atoms with Crippen molar-refractivity contribution in [1.29, 1.82) is 0 Å². The van der Waals surface area contributed by atoms with Crippen molar-refractivity contribution in [1.82, 2.24) is 4.90 Å². The van der Waals surface area contributed by atoms with Crippen molar-refractivity contribution in [3.8, 4) is 0 Å². The van der Waals surface area contributed by atoms with Gasteiger partial charge in [0, 0.05) is 19.0 Å². The topological polar surface area (TPSA) is 61.8 Å². The summed E-state index contributed by atoms with van der Waals surface area (Å²) in [5.41, 5.74) is 5.48. The lowest BCUT2D eigenvalue weighted by atomic mass is 9.83. The summed E-state index contributed by atoms with van der Waals surface area (Å²) >= 11 is 0. The van der Waals surface area contributed by atoms with E-state index in [2.05, 4.69) is 24.0 Å². The van der Waals surface area contributed by atoms with Gasteiger partial charge in [0.15, 0.2) is 0 Å². The Hall–Kier alpha value is -0.770. The Labute approximate surface area is 98.5 Å². The molecule has 0 aromatic carbocycles. The van der Waals surface area contributed by atoms with Gasteiger partial charge in [0.05, 0.1) is 0 Å². The molecule has 0 spiro atoms. The van der Waals surface area contributed by atoms with Gasteiger partial charge in [0.2, 0.25) is 0 Å². The van der Waals surface area contributed by atoms with Crippen molar-refractivity contribution in [2.75, 3.05) is 13.6 Å². The first-order valence-corrected chi connectivity index (χ1v) is 6.34. The lowest BCUT2D eigenvalue weighted by Gasteiger charge is -2.35. The van der Waals surface area contributed by atoms with Crippen molar-refractivity contribution in [3.05, 3.63) is 0 Å². The summed E-state index contributed by atoms with van der Waals surface area (Å²) in [5.74, 6) is 1.22. The van der Waals surface area contributed by atoms with E-state index in [1.165, 1.54) is 32.1 Å². The molecule has 4 heteroatoms. The van der Waals surface area contributed by atoms with E-state index in [0.29, 0.717) is 18.3 Å². The van der Waals surface area contributed by atoms with Crippen LogP contribution in [-0.4, -0.2) is 35.6 Å². The summed E-state index contributed by atoms with van der Waals surface area (Å²) in [6.45, 7) is 3.17. The van der Waals surface area contributed by atoms with Gasteiger partial charge < -0.3 is 15.8 Å². The average Bonchev–Trinajstić information content (AvgIpc) is 2.35. The minimum absolute atomic E-state index is 0.328. The zero-order valence-electron chi connectivity index (χ0n) is 10.5. The third-order valence-corrected chi connectivity index (χ3v) is 3.80. The van der Waals surface area contributed by atoms with Gasteiger partial charge in [-0.1, -0.05) is 31.3 Å². The molecule has 16 heavy (non-hydrogen) atoms. The first-order chi connectivity index (χ1) is 7.67. The van der Waals surface area contributed by atoms with Crippen molar-refractivity contribution < 1.29 is 5.21 Å². The number of amidine groups is 1. The molecule has 1 aliphatic rings. The maximum Gasteiger partial charge on any atom is 0.140 e. The van der Waals surface area contributed by atoms with Crippen LogP contribution in [-0.2, 0) is 0 Å². The van der Waals surface area contributed by atoms with Crippen LogP contribution in [0.2, 0.25) is 0 Å². The molecule has 4 nitrogen and oxygen atoms in total. The van der Waals surface area contributed by atoms with E-state index in [9.17, 15) is 0 Å². The number of nitrogens with two attached hydrogens (primary N) is 1. The molecule has 0 aromatic rings. The van der Waals surface area contributed by atoms with Gasteiger partial charge in [-0.2, -0.15) is 0 Å². The molecule has 1 aliphatic carbocycles. The fraction of sp³-hybridized carbons (Fsp3) is 0.917. The van der Waals surface area contributed by atoms with Crippen LogP contribution in [0.5, 0.6) is 0 Å². The largest absolute Gasteiger partial charge is 0.409 e. The summed E-state index contributed by atoms with van der Waals surface area (Å²) in [4.78, 5) is 2.36. The maximum absolute atomic E-state index is 8.48. The Kier molecular flexibility index (Phi) is 5.60. The summed E-state index contributed by atoms with van der Waals surface area (Å²) in [5, 5.41) is 11.5. The van der Waals surface area contributed by atoms with E-state index in [4.69, 9.17) is 10.9 Å². The minimum atomic E-state index is 0.328. The second-order valence-electron chi connectivity index (χ2n) is 4.92. The van der Waals surface area contributed by atoms with Crippen LogP contribution in [0.1, 0.15) is 45.4 Å². The monoisotopic (exact) mass is 227 g/mol. The van der Waals surface area contributed by atoms with E-state index >= 15 is 0 Å². The molecule has 0 saturated heterocycles. The molecular weight excluding hydrogens is 202 g/mol. The predicted molar refractivity (Wildman–Crippen MR) is 66.7 cm³/mol. The molecule has 1 fully saturated rings. The van der Waals surface area contributed by atoms with Crippen LogP contribution in [0.15, 0.2) is 5.16 Å². The zero-order valence-corrected chi connectivity index (χ0v) is 10.5. The molecule has 1 saturated carbocycles. The first kappa shape index (κ1) is 13.3. The standard InChI is InChI=1S/C12H25N3O/c1-3-10-5-4-6-11(9-10)15(2)8-7-12(13)14-16/h10-11,16H,3-9H2,1-2H3,(H2,13,14). The van der Waals surface area contributed by atoms with Crippen LogP contribution in [0.25, 0.3) is 0 Å². The van der Waals surface area contributed by atoms with Gasteiger partial charge >= 0.3 is 0 Å². The molecule has 0 heterocycles. The molecule has 0 radical (unpaired) electrons. The molecule has 3 N–H and O–H groups in total. The van der Waals surface area contributed by atoms with Gasteiger partial charge in [0.25, 0.3) is 0 Å². The van der Waals surface area contributed by atoms with Crippen LogP contribution in [0, 0.1) is 5.92 Å². The van der Waals surface area contributed by atoms with Gasteiger partial charge in [0.1, 0.15) is 5.84 Å². The Morgan fingerprint density at radius 3 is 2.88 bits per heavy atom. The number of hydrogen-bond acceptors (Lipinski definition) is 3. The second kappa shape index (κ2) is 6.74. The molecule has 0 amide bonds. The third kappa shape index (κ3) is 4.00. The quantitative estimate of drug-likeness (QED) is 0.327. The number of rotatable bonds is 5. The highest BCUT2D eigenvalue weighted by atomic mass is 16.4. The number of hydrogen-bond donors (Lipinski definition) is 2. The summed E-state index contributed by atoms with van der Waals surface area (Å²) < 4.78 is 0.